The van der Waals surface area contributed by atoms with Crippen molar-refractivity contribution in [2.45, 2.75) is 39.7 Å². The van der Waals surface area contributed by atoms with Crippen molar-refractivity contribution in [1.82, 2.24) is 10.2 Å². The topological polar surface area (TPSA) is 78.4 Å². The Kier molecular flexibility index (Phi) is 4.29. The summed E-state index contributed by atoms with van der Waals surface area (Å²) in [6.45, 7) is 15.1. The molecule has 1 aliphatic rings. The Bertz CT molecular complexity index is 968. The fourth-order valence-corrected chi connectivity index (χ4v) is 3.20. The summed E-state index contributed by atoms with van der Waals surface area (Å²) in [4.78, 5) is 8.06. The van der Waals surface area contributed by atoms with E-state index >= 15 is 0 Å². The second kappa shape index (κ2) is 6.41. The third kappa shape index (κ3) is 2.88. The van der Waals surface area contributed by atoms with Crippen molar-refractivity contribution in [2.75, 3.05) is 0 Å². The lowest BCUT2D eigenvalue weighted by Gasteiger charge is -2.26. The summed E-state index contributed by atoms with van der Waals surface area (Å²) in [6.07, 6.45) is 0.00649. The molecule has 0 bridgehead atoms. The van der Waals surface area contributed by atoms with Gasteiger partial charge in [-0.2, -0.15) is 5.26 Å². The maximum atomic E-state index is 9.64. The van der Waals surface area contributed by atoms with Gasteiger partial charge in [0, 0.05) is 17.3 Å². The van der Waals surface area contributed by atoms with E-state index in [1.54, 1.807) is 0 Å². The van der Waals surface area contributed by atoms with Crippen LogP contribution < -0.4 is 4.74 Å². The van der Waals surface area contributed by atoms with Crippen LogP contribution in [0.25, 0.3) is 15.7 Å². The number of fused-ring (bicyclic) bond motifs is 1. The normalized spacial score (nSPS) is 20.4. The molecule has 1 N–H and O–H groups in total. The van der Waals surface area contributed by atoms with E-state index in [4.69, 9.17) is 11.3 Å². The van der Waals surface area contributed by atoms with Crippen molar-refractivity contribution in [3.63, 3.8) is 0 Å². The van der Waals surface area contributed by atoms with Gasteiger partial charge in [0.05, 0.1) is 35.6 Å². The molecule has 2 aromatic rings. The largest absolute Gasteiger partial charge is 0.473 e. The smallest absolute Gasteiger partial charge is 0.240 e. The molecule has 6 nitrogen and oxygen atoms in total. The number of ether oxygens (including phenoxy) is 1. The number of nitrogens with one attached hydrogen (secondary N) is 1. The zero-order chi connectivity index (χ0) is 18.1. The van der Waals surface area contributed by atoms with Crippen LogP contribution in [0.2, 0.25) is 0 Å². The number of hydrogen-bond donors (Lipinski definition) is 1. The standard InChI is InChI=1S/C19H19N5O/c1-10(2)25-19-14-8-13(6-7-16(14)23-24-19)17-15(9-20)11(3)22-12(4)18(17)21-5/h6-8,10,15,17H,1-4H3,(H,23,24). The fourth-order valence-electron chi connectivity index (χ4n) is 3.20. The van der Waals surface area contributed by atoms with Gasteiger partial charge in [-0.3, -0.25) is 10.1 Å². The van der Waals surface area contributed by atoms with Crippen LogP contribution in [-0.4, -0.2) is 22.0 Å². The number of nitrogens with zero attached hydrogens (tertiary/aromatic N) is 4. The highest BCUT2D eigenvalue weighted by molar-refractivity contribution is 5.91. The minimum Gasteiger partial charge on any atom is -0.473 e. The van der Waals surface area contributed by atoms with Crippen LogP contribution in [0.4, 0.5) is 0 Å². The van der Waals surface area contributed by atoms with Crippen LogP contribution in [0.15, 0.2) is 34.6 Å². The first-order valence-electron chi connectivity index (χ1n) is 8.14. The first-order chi connectivity index (χ1) is 12.0. The minimum atomic E-state index is -0.452. The predicted molar refractivity (Wildman–Crippen MR) is 96.1 cm³/mol. The van der Waals surface area contributed by atoms with Crippen LogP contribution in [0, 0.1) is 23.8 Å². The molecule has 2 heterocycles. The molecule has 25 heavy (non-hydrogen) atoms. The van der Waals surface area contributed by atoms with E-state index in [2.05, 4.69) is 26.1 Å². The molecular weight excluding hydrogens is 314 g/mol. The summed E-state index contributed by atoms with van der Waals surface area (Å²) in [5, 5.41) is 17.7. The van der Waals surface area contributed by atoms with Crippen LogP contribution in [0.3, 0.4) is 0 Å². The van der Waals surface area contributed by atoms with Gasteiger partial charge in [0.25, 0.3) is 0 Å². The maximum absolute atomic E-state index is 9.64. The predicted octanol–water partition coefficient (Wildman–Crippen LogP) is 4.20. The summed E-state index contributed by atoms with van der Waals surface area (Å²) in [5.41, 5.74) is 3.69. The molecule has 0 aliphatic carbocycles. The molecular formula is C19H19N5O. The number of aromatic nitrogens is 2. The van der Waals surface area contributed by atoms with E-state index in [1.165, 1.54) is 0 Å². The summed E-state index contributed by atoms with van der Waals surface area (Å²) < 4.78 is 5.75. The summed E-state index contributed by atoms with van der Waals surface area (Å²) in [6, 6.07) is 8.12. The molecule has 126 valence electrons. The van der Waals surface area contributed by atoms with E-state index in [0.29, 0.717) is 17.3 Å². The molecule has 1 aromatic heterocycles. The lowest BCUT2D eigenvalue weighted by atomic mass is 9.79. The van der Waals surface area contributed by atoms with Gasteiger partial charge in [-0.25, -0.2) is 4.85 Å². The summed E-state index contributed by atoms with van der Waals surface area (Å²) in [7, 11) is 0. The number of nitriles is 1. The zero-order valence-electron chi connectivity index (χ0n) is 14.7. The van der Waals surface area contributed by atoms with E-state index in [-0.39, 0.29) is 12.0 Å². The van der Waals surface area contributed by atoms with Gasteiger partial charge in [-0.05, 0) is 45.4 Å². The summed E-state index contributed by atoms with van der Waals surface area (Å²) >= 11 is 0. The number of benzene rings is 1. The maximum Gasteiger partial charge on any atom is 0.240 e. The third-order valence-electron chi connectivity index (χ3n) is 4.31. The van der Waals surface area contributed by atoms with E-state index in [1.807, 2.05) is 45.9 Å². The highest BCUT2D eigenvalue weighted by Gasteiger charge is 2.34. The van der Waals surface area contributed by atoms with Crippen molar-refractivity contribution >= 4 is 16.6 Å². The highest BCUT2D eigenvalue weighted by Crippen LogP contribution is 2.40. The molecule has 0 saturated carbocycles. The Morgan fingerprint density at radius 1 is 1.36 bits per heavy atom. The number of allylic oxidation sites excluding steroid dienone is 2. The van der Waals surface area contributed by atoms with E-state index in [0.717, 1.165) is 22.2 Å². The number of aliphatic imine (C=N–C) groups is 1. The van der Waals surface area contributed by atoms with Crippen molar-refractivity contribution in [3.8, 4) is 11.9 Å². The molecule has 6 heteroatoms. The Morgan fingerprint density at radius 3 is 2.76 bits per heavy atom. The molecule has 0 fully saturated rings. The molecule has 3 rings (SSSR count). The monoisotopic (exact) mass is 333 g/mol. The van der Waals surface area contributed by atoms with Crippen molar-refractivity contribution < 1.29 is 4.74 Å². The molecule has 0 saturated heterocycles. The Hall–Kier alpha value is -3.12. The first kappa shape index (κ1) is 16.7. The van der Waals surface area contributed by atoms with Gasteiger partial charge in [-0.15, -0.1) is 5.10 Å². The summed E-state index contributed by atoms with van der Waals surface area (Å²) in [5.74, 6) is -0.246. The van der Waals surface area contributed by atoms with Crippen LogP contribution >= 0.6 is 0 Å². The quantitative estimate of drug-likeness (QED) is 0.855. The molecule has 0 amide bonds. The second-order valence-corrected chi connectivity index (χ2v) is 6.42. The number of hydrogen-bond acceptors (Lipinski definition) is 4. The average molecular weight is 333 g/mol. The number of H-pyrrole nitrogens is 1. The van der Waals surface area contributed by atoms with Crippen molar-refractivity contribution in [2.24, 2.45) is 10.9 Å². The molecule has 0 radical (unpaired) electrons. The van der Waals surface area contributed by atoms with E-state index in [9.17, 15) is 5.26 Å². The van der Waals surface area contributed by atoms with Crippen LogP contribution in [0.5, 0.6) is 5.88 Å². The van der Waals surface area contributed by atoms with Crippen LogP contribution in [0.1, 0.15) is 39.2 Å². The molecule has 1 aliphatic heterocycles. The fraction of sp³-hybridized carbons (Fsp3) is 0.368. The van der Waals surface area contributed by atoms with Crippen molar-refractivity contribution in [3.05, 3.63) is 46.6 Å². The third-order valence-corrected chi connectivity index (χ3v) is 4.31. The minimum absolute atomic E-state index is 0.00649. The SMILES string of the molecule is [C-]#[N+]C1=C(C)N=C(C)C(C#N)C1c1ccc2[nH]nc(OC(C)C)c2c1. The van der Waals surface area contributed by atoms with Crippen LogP contribution in [-0.2, 0) is 0 Å². The lowest BCUT2D eigenvalue weighted by Crippen LogP contribution is -2.24. The Balaban J connectivity index is 2.15. The molecule has 2 unspecified atom stereocenters. The van der Waals surface area contributed by atoms with Gasteiger partial charge >= 0.3 is 0 Å². The first-order valence-corrected chi connectivity index (χ1v) is 8.14. The average Bonchev–Trinajstić information content (AvgIpc) is 2.96. The molecule has 2 atom stereocenters. The Morgan fingerprint density at radius 2 is 2.12 bits per heavy atom. The van der Waals surface area contributed by atoms with E-state index < -0.39 is 5.92 Å². The second-order valence-electron chi connectivity index (χ2n) is 6.42. The van der Waals surface area contributed by atoms with Gasteiger partial charge < -0.3 is 4.74 Å². The van der Waals surface area contributed by atoms with Gasteiger partial charge in [0.1, 0.15) is 0 Å². The van der Waals surface area contributed by atoms with Gasteiger partial charge in [0.2, 0.25) is 5.88 Å². The highest BCUT2D eigenvalue weighted by atomic mass is 16.5. The number of rotatable bonds is 3. The number of aromatic amines is 1. The Labute approximate surface area is 146 Å². The van der Waals surface area contributed by atoms with Gasteiger partial charge in [-0.1, -0.05) is 6.07 Å². The zero-order valence-corrected chi connectivity index (χ0v) is 14.7. The van der Waals surface area contributed by atoms with Gasteiger partial charge in [0.15, 0.2) is 5.70 Å². The lowest BCUT2D eigenvalue weighted by molar-refractivity contribution is 0.235. The molecule has 1 aromatic carbocycles. The van der Waals surface area contributed by atoms with Crippen molar-refractivity contribution in [1.29, 1.82) is 5.26 Å². The molecule has 0 spiro atoms.